The molecule has 2 N–H and O–H groups in total. The lowest BCUT2D eigenvalue weighted by Crippen LogP contribution is -2.59. The van der Waals surface area contributed by atoms with Gasteiger partial charge in [0.15, 0.2) is 0 Å². The van der Waals surface area contributed by atoms with Crippen LogP contribution in [0.5, 0.6) is 5.75 Å². The van der Waals surface area contributed by atoms with Gasteiger partial charge in [-0.15, -0.1) is 0 Å². The van der Waals surface area contributed by atoms with E-state index in [2.05, 4.69) is 26.0 Å². The standard InChI is InChI=1S/C13H19NO2/c1-8-5-4-6-9(2)12(8)16-11-7-10(14)13(11)15-3/h4-6,10-11,13H,7,14H2,1-3H3. The summed E-state index contributed by atoms with van der Waals surface area (Å²) in [6.45, 7) is 4.12. The molecule has 3 nitrogen and oxygen atoms in total. The number of methoxy groups -OCH3 is 1. The van der Waals surface area contributed by atoms with Crippen LogP contribution in [0.4, 0.5) is 0 Å². The van der Waals surface area contributed by atoms with Gasteiger partial charge in [-0.1, -0.05) is 18.2 Å². The van der Waals surface area contributed by atoms with Crippen LogP contribution in [0.2, 0.25) is 0 Å². The summed E-state index contributed by atoms with van der Waals surface area (Å²) >= 11 is 0. The van der Waals surface area contributed by atoms with E-state index in [1.165, 1.54) is 0 Å². The molecule has 3 unspecified atom stereocenters. The minimum atomic E-state index is 0.0269. The van der Waals surface area contributed by atoms with E-state index >= 15 is 0 Å². The first-order valence-corrected chi connectivity index (χ1v) is 5.64. The van der Waals surface area contributed by atoms with Crippen molar-refractivity contribution in [1.29, 1.82) is 0 Å². The van der Waals surface area contributed by atoms with Crippen molar-refractivity contribution in [3.8, 4) is 5.75 Å². The molecular formula is C13H19NO2. The van der Waals surface area contributed by atoms with E-state index in [-0.39, 0.29) is 18.2 Å². The molecule has 88 valence electrons. The third-order valence-corrected chi connectivity index (χ3v) is 3.24. The first-order valence-electron chi connectivity index (χ1n) is 5.64. The number of rotatable bonds is 3. The van der Waals surface area contributed by atoms with E-state index < -0.39 is 0 Å². The summed E-state index contributed by atoms with van der Waals surface area (Å²) in [5.74, 6) is 0.974. The lowest BCUT2D eigenvalue weighted by Gasteiger charge is -2.41. The summed E-state index contributed by atoms with van der Waals surface area (Å²) in [5.41, 5.74) is 8.17. The topological polar surface area (TPSA) is 44.5 Å². The Balaban J connectivity index is 2.10. The Kier molecular flexibility index (Phi) is 3.17. The molecule has 0 saturated heterocycles. The maximum absolute atomic E-state index is 5.98. The van der Waals surface area contributed by atoms with Crippen molar-refractivity contribution < 1.29 is 9.47 Å². The van der Waals surface area contributed by atoms with E-state index in [9.17, 15) is 0 Å². The monoisotopic (exact) mass is 221 g/mol. The molecule has 0 bridgehead atoms. The molecule has 1 aromatic carbocycles. The summed E-state index contributed by atoms with van der Waals surface area (Å²) in [7, 11) is 1.69. The fourth-order valence-corrected chi connectivity index (χ4v) is 2.19. The number of benzene rings is 1. The lowest BCUT2D eigenvalue weighted by molar-refractivity contribution is -0.0786. The lowest BCUT2D eigenvalue weighted by atomic mass is 9.86. The largest absolute Gasteiger partial charge is 0.487 e. The summed E-state index contributed by atoms with van der Waals surface area (Å²) in [4.78, 5) is 0. The van der Waals surface area contributed by atoms with Gasteiger partial charge < -0.3 is 15.2 Å². The van der Waals surface area contributed by atoms with Crippen molar-refractivity contribution in [2.24, 2.45) is 5.73 Å². The van der Waals surface area contributed by atoms with Crippen LogP contribution in [0.15, 0.2) is 18.2 Å². The fraction of sp³-hybridized carbons (Fsp3) is 0.538. The van der Waals surface area contributed by atoms with Gasteiger partial charge in [0, 0.05) is 19.6 Å². The maximum Gasteiger partial charge on any atom is 0.128 e. The van der Waals surface area contributed by atoms with E-state index in [0.29, 0.717) is 0 Å². The van der Waals surface area contributed by atoms with Crippen molar-refractivity contribution >= 4 is 0 Å². The molecule has 1 aromatic rings. The molecular weight excluding hydrogens is 202 g/mol. The SMILES string of the molecule is COC1C(N)CC1Oc1c(C)cccc1C. The highest BCUT2D eigenvalue weighted by molar-refractivity contribution is 5.40. The van der Waals surface area contributed by atoms with Gasteiger partial charge in [0.25, 0.3) is 0 Å². The average Bonchev–Trinajstić information content (AvgIpc) is 2.22. The predicted molar refractivity (Wildman–Crippen MR) is 63.7 cm³/mol. The summed E-state index contributed by atoms with van der Waals surface area (Å²) < 4.78 is 11.3. The average molecular weight is 221 g/mol. The number of ether oxygens (including phenoxy) is 2. The van der Waals surface area contributed by atoms with Crippen LogP contribution < -0.4 is 10.5 Å². The second-order valence-electron chi connectivity index (χ2n) is 4.48. The predicted octanol–water partition coefficient (Wildman–Crippen LogP) is 1.80. The van der Waals surface area contributed by atoms with Gasteiger partial charge in [-0.05, 0) is 25.0 Å². The molecule has 1 saturated carbocycles. The molecule has 0 heterocycles. The second-order valence-corrected chi connectivity index (χ2v) is 4.48. The van der Waals surface area contributed by atoms with Crippen LogP contribution in [0.1, 0.15) is 17.5 Å². The second kappa shape index (κ2) is 4.44. The van der Waals surface area contributed by atoms with Gasteiger partial charge in [0.1, 0.15) is 18.0 Å². The van der Waals surface area contributed by atoms with Crippen LogP contribution in [0.25, 0.3) is 0 Å². The van der Waals surface area contributed by atoms with Gasteiger partial charge in [-0.2, -0.15) is 0 Å². The first-order chi connectivity index (χ1) is 7.63. The van der Waals surface area contributed by atoms with Gasteiger partial charge in [-0.3, -0.25) is 0 Å². The van der Waals surface area contributed by atoms with Gasteiger partial charge in [0.05, 0.1) is 0 Å². The van der Waals surface area contributed by atoms with Crippen molar-refractivity contribution in [2.45, 2.75) is 38.5 Å². The summed E-state index contributed by atoms with van der Waals surface area (Å²) in [6, 6.07) is 6.27. The highest BCUT2D eigenvalue weighted by Gasteiger charge is 2.41. The molecule has 1 aliphatic carbocycles. The third-order valence-electron chi connectivity index (χ3n) is 3.24. The first kappa shape index (κ1) is 11.4. The number of hydrogen-bond donors (Lipinski definition) is 1. The Morgan fingerprint density at radius 2 is 1.88 bits per heavy atom. The number of nitrogens with two attached hydrogens (primary N) is 1. The smallest absolute Gasteiger partial charge is 0.128 e. The number of hydrogen-bond acceptors (Lipinski definition) is 3. The van der Waals surface area contributed by atoms with Gasteiger partial charge in [-0.25, -0.2) is 0 Å². The minimum absolute atomic E-state index is 0.0269. The van der Waals surface area contributed by atoms with Crippen molar-refractivity contribution in [1.82, 2.24) is 0 Å². The molecule has 1 aliphatic rings. The van der Waals surface area contributed by atoms with E-state index in [4.69, 9.17) is 15.2 Å². The van der Waals surface area contributed by atoms with E-state index in [1.54, 1.807) is 7.11 Å². The number of para-hydroxylation sites is 1. The van der Waals surface area contributed by atoms with Crippen molar-refractivity contribution in [3.05, 3.63) is 29.3 Å². The van der Waals surface area contributed by atoms with Crippen LogP contribution in [-0.4, -0.2) is 25.4 Å². The molecule has 16 heavy (non-hydrogen) atoms. The van der Waals surface area contributed by atoms with Crippen LogP contribution in [0, 0.1) is 13.8 Å². The van der Waals surface area contributed by atoms with Crippen LogP contribution in [0.3, 0.4) is 0 Å². The zero-order valence-electron chi connectivity index (χ0n) is 10.1. The van der Waals surface area contributed by atoms with E-state index in [1.807, 2.05) is 6.07 Å². The normalized spacial score (nSPS) is 28.6. The minimum Gasteiger partial charge on any atom is -0.487 e. The summed E-state index contributed by atoms with van der Waals surface area (Å²) in [5, 5.41) is 0. The molecule has 0 radical (unpaired) electrons. The van der Waals surface area contributed by atoms with Crippen LogP contribution >= 0.6 is 0 Å². The molecule has 0 aromatic heterocycles. The van der Waals surface area contributed by atoms with E-state index in [0.717, 1.165) is 23.3 Å². The molecule has 3 atom stereocenters. The maximum atomic E-state index is 5.98. The zero-order valence-corrected chi connectivity index (χ0v) is 10.1. The molecule has 1 fully saturated rings. The van der Waals surface area contributed by atoms with Crippen molar-refractivity contribution in [2.75, 3.05) is 7.11 Å². The molecule has 2 rings (SSSR count). The fourth-order valence-electron chi connectivity index (χ4n) is 2.19. The van der Waals surface area contributed by atoms with Crippen molar-refractivity contribution in [3.63, 3.8) is 0 Å². The number of aryl methyl sites for hydroxylation is 2. The Hall–Kier alpha value is -1.06. The van der Waals surface area contributed by atoms with Gasteiger partial charge >= 0.3 is 0 Å². The highest BCUT2D eigenvalue weighted by atomic mass is 16.5. The molecule has 0 spiro atoms. The molecule has 0 amide bonds. The molecule has 3 heteroatoms. The molecule has 0 aliphatic heterocycles. The zero-order chi connectivity index (χ0) is 11.7. The highest BCUT2D eigenvalue weighted by Crippen LogP contribution is 2.31. The Bertz CT molecular complexity index is 358. The Morgan fingerprint density at radius 3 is 2.38 bits per heavy atom. The quantitative estimate of drug-likeness (QED) is 0.846. The van der Waals surface area contributed by atoms with Gasteiger partial charge in [0.2, 0.25) is 0 Å². The van der Waals surface area contributed by atoms with Crippen LogP contribution in [-0.2, 0) is 4.74 Å². The Morgan fingerprint density at radius 1 is 1.25 bits per heavy atom. The Labute approximate surface area is 96.5 Å². The summed E-state index contributed by atoms with van der Waals surface area (Å²) in [6.07, 6.45) is 0.991. The third kappa shape index (κ3) is 1.93.